The highest BCUT2D eigenvalue weighted by molar-refractivity contribution is 5.74. The lowest BCUT2D eigenvalue weighted by molar-refractivity contribution is -0.365. The maximum Gasteiger partial charge on any atom is 0.217 e. The van der Waals surface area contributed by atoms with Crippen LogP contribution in [0.4, 0.5) is 0 Å². The number of carbonyl (C=O) groups excluding carboxylic acids is 4. The lowest BCUT2D eigenvalue weighted by atomic mass is 9.92. The number of nitrogens with two attached hydrogens (primary N) is 1. The van der Waals surface area contributed by atoms with Crippen LogP contribution in [0.3, 0.4) is 0 Å². The molecule has 0 spiro atoms. The van der Waals surface area contributed by atoms with Gasteiger partial charge in [0.15, 0.2) is 25.2 Å². The first-order chi connectivity index (χ1) is 32.1. The molecule has 5 aliphatic heterocycles. The van der Waals surface area contributed by atoms with E-state index in [1.54, 1.807) is 0 Å². The van der Waals surface area contributed by atoms with Crippen molar-refractivity contribution in [3.8, 4) is 0 Å². The Hall–Kier alpha value is -2.96. The van der Waals surface area contributed by atoms with E-state index in [-0.39, 0.29) is 0 Å². The molecule has 68 heavy (non-hydrogen) atoms. The molecule has 392 valence electrons. The molecule has 0 aromatic heterocycles. The summed E-state index contributed by atoms with van der Waals surface area (Å²) in [4.78, 5) is 49.6. The molecule has 0 saturated carbocycles. The Morgan fingerprint density at radius 2 is 0.676 bits per heavy atom. The van der Waals surface area contributed by atoms with E-state index in [2.05, 4.69) is 21.3 Å². The van der Waals surface area contributed by atoms with Gasteiger partial charge < -0.3 is 126 Å². The molecule has 25 atom stereocenters. The minimum absolute atomic E-state index is 0.522. The Morgan fingerprint density at radius 1 is 0.412 bits per heavy atom. The van der Waals surface area contributed by atoms with Crippen molar-refractivity contribution in [3.05, 3.63) is 0 Å². The summed E-state index contributed by atoms with van der Waals surface area (Å²) in [6, 6.07) is -7.36. The van der Waals surface area contributed by atoms with Gasteiger partial charge in [0.05, 0.1) is 51.2 Å². The minimum Gasteiger partial charge on any atom is -0.394 e. The molecule has 5 saturated heterocycles. The average Bonchev–Trinajstić information content (AvgIpc) is 3.28. The fraction of sp³-hybridized carbons (Fsp3) is 0.897. The Bertz CT molecular complexity index is 1680. The van der Waals surface area contributed by atoms with Crippen LogP contribution in [-0.4, -0.2) is 266 Å². The van der Waals surface area contributed by atoms with Gasteiger partial charge in [0.25, 0.3) is 0 Å². The Balaban J connectivity index is 1.38. The van der Waals surface area contributed by atoms with Crippen molar-refractivity contribution in [2.24, 2.45) is 5.73 Å². The lowest BCUT2D eigenvalue weighted by Crippen LogP contribution is -2.72. The van der Waals surface area contributed by atoms with Crippen molar-refractivity contribution in [1.82, 2.24) is 21.3 Å². The minimum atomic E-state index is -1.95. The third-order valence-electron chi connectivity index (χ3n) is 12.3. The SMILES string of the molecule is CC(=O)NC1C(C)OC(CO)C(OC2OC(CO)C(OC3OC(CO)C(OC4OC(CO)C(OC5OC(CO)C(O)C(O)C5N)C(O)C4NC(C)=O)C(O)C3NC(C)=O)C(O)C2NC(C)=O)C1O. The zero-order valence-electron chi connectivity index (χ0n) is 37.8. The highest BCUT2D eigenvalue weighted by atomic mass is 16.8. The molecule has 0 aliphatic carbocycles. The van der Waals surface area contributed by atoms with Crippen LogP contribution >= 0.6 is 0 Å². The van der Waals surface area contributed by atoms with Crippen LogP contribution in [0.1, 0.15) is 34.6 Å². The van der Waals surface area contributed by atoms with Gasteiger partial charge in [-0.05, 0) is 6.92 Å². The fourth-order valence-electron chi connectivity index (χ4n) is 8.96. The number of rotatable bonds is 17. The maximum atomic E-state index is 12.6. The van der Waals surface area contributed by atoms with Crippen LogP contribution in [0.25, 0.3) is 0 Å². The van der Waals surface area contributed by atoms with Crippen LogP contribution in [-0.2, 0) is 61.8 Å². The van der Waals surface area contributed by atoms with Crippen LogP contribution < -0.4 is 27.0 Å². The van der Waals surface area contributed by atoms with Gasteiger partial charge in [-0.2, -0.15) is 0 Å². The molecule has 29 nitrogen and oxygen atoms in total. The van der Waals surface area contributed by atoms with Gasteiger partial charge in [-0.15, -0.1) is 0 Å². The van der Waals surface area contributed by atoms with E-state index in [0.29, 0.717) is 0 Å². The Labute approximate surface area is 389 Å². The largest absolute Gasteiger partial charge is 0.394 e. The molecule has 29 heteroatoms. The summed E-state index contributed by atoms with van der Waals surface area (Å²) in [7, 11) is 0. The normalized spacial score (nSPS) is 45.5. The molecule has 5 rings (SSSR count). The van der Waals surface area contributed by atoms with Crippen molar-refractivity contribution in [1.29, 1.82) is 0 Å². The summed E-state index contributed by atoms with van der Waals surface area (Å²) in [5.74, 6) is -2.78. The highest BCUT2D eigenvalue weighted by Gasteiger charge is 2.57. The molecule has 5 heterocycles. The summed E-state index contributed by atoms with van der Waals surface area (Å²) < 4.78 is 53.4. The number of nitrogens with one attached hydrogen (secondary N) is 4. The first-order valence-electron chi connectivity index (χ1n) is 22.0. The number of carbonyl (C=O) groups is 4. The average molecular weight is 990 g/mol. The molecule has 4 amide bonds. The number of aliphatic hydroxyl groups excluding tert-OH is 11. The number of ether oxygens (including phenoxy) is 9. The molecule has 5 fully saturated rings. The molecule has 25 unspecified atom stereocenters. The van der Waals surface area contributed by atoms with Gasteiger partial charge in [-0.3, -0.25) is 19.2 Å². The van der Waals surface area contributed by atoms with Gasteiger partial charge in [0.2, 0.25) is 23.6 Å². The van der Waals surface area contributed by atoms with E-state index >= 15 is 0 Å². The van der Waals surface area contributed by atoms with Gasteiger partial charge in [0, 0.05) is 27.7 Å². The number of hydrogen-bond donors (Lipinski definition) is 16. The summed E-state index contributed by atoms with van der Waals surface area (Å²) in [5.41, 5.74) is 6.02. The highest BCUT2D eigenvalue weighted by Crippen LogP contribution is 2.36. The van der Waals surface area contributed by atoms with Crippen molar-refractivity contribution in [2.45, 2.75) is 188 Å². The van der Waals surface area contributed by atoms with Crippen molar-refractivity contribution in [3.63, 3.8) is 0 Å². The van der Waals surface area contributed by atoms with E-state index in [1.807, 2.05) is 0 Å². The van der Waals surface area contributed by atoms with Gasteiger partial charge in [0.1, 0.15) is 110 Å². The maximum absolute atomic E-state index is 12.6. The molecule has 0 aromatic rings. The van der Waals surface area contributed by atoms with E-state index in [1.165, 1.54) is 13.8 Å². The number of aliphatic hydroxyl groups is 11. The first-order valence-corrected chi connectivity index (χ1v) is 22.0. The molecule has 0 bridgehead atoms. The van der Waals surface area contributed by atoms with Gasteiger partial charge in [-0.1, -0.05) is 0 Å². The van der Waals surface area contributed by atoms with E-state index < -0.39 is 210 Å². The smallest absolute Gasteiger partial charge is 0.217 e. The molecular weight excluding hydrogens is 922 g/mol. The third kappa shape index (κ3) is 12.6. The van der Waals surface area contributed by atoms with E-state index in [0.717, 1.165) is 20.8 Å². The molecular formula is C39H67N5O24. The van der Waals surface area contributed by atoms with E-state index in [9.17, 15) is 75.3 Å². The summed E-state index contributed by atoms with van der Waals surface area (Å²) in [5, 5.41) is 129. The van der Waals surface area contributed by atoms with Crippen LogP contribution in [0, 0.1) is 0 Å². The molecule has 0 radical (unpaired) electrons. The third-order valence-corrected chi connectivity index (χ3v) is 12.3. The first kappa shape index (κ1) is 56.0. The van der Waals surface area contributed by atoms with Gasteiger partial charge in [-0.25, -0.2) is 0 Å². The summed E-state index contributed by atoms with van der Waals surface area (Å²) in [6.07, 6.45) is -32.2. The topological polar surface area (TPSA) is 448 Å². The van der Waals surface area contributed by atoms with Crippen molar-refractivity contribution >= 4 is 23.6 Å². The Kier molecular flexibility index (Phi) is 20.1. The van der Waals surface area contributed by atoms with Crippen molar-refractivity contribution in [2.75, 3.05) is 33.0 Å². The predicted octanol–water partition coefficient (Wildman–Crippen LogP) is -10.3. The second kappa shape index (κ2) is 24.4. The zero-order chi connectivity index (χ0) is 50.5. The second-order valence-electron chi connectivity index (χ2n) is 17.3. The Morgan fingerprint density at radius 3 is 0.985 bits per heavy atom. The number of amides is 4. The molecule has 0 aromatic carbocycles. The predicted molar refractivity (Wildman–Crippen MR) is 218 cm³/mol. The van der Waals surface area contributed by atoms with E-state index in [4.69, 9.17) is 48.4 Å². The summed E-state index contributed by atoms with van der Waals surface area (Å²) in [6.45, 7) is 1.72. The lowest BCUT2D eigenvalue weighted by Gasteiger charge is -2.51. The van der Waals surface area contributed by atoms with Gasteiger partial charge >= 0.3 is 0 Å². The fourth-order valence-corrected chi connectivity index (χ4v) is 8.96. The molecule has 5 aliphatic rings. The summed E-state index contributed by atoms with van der Waals surface area (Å²) >= 11 is 0. The standard InChI is InChI=1S/C39H67N5O24/c1-11-22(41-12(2)50)28(56)32(17(7-46)60-11)66-37-24(43-14(4)52)30(58)34(19(9-48)63-37)68-39-25(44-15(5)53)31(59)35(20(10-49)64-39)67-38-23(42-13(3)51)29(57)33(18(8-47)62-38)65-36-21(40)27(55)26(54)16(6-45)61-36/h11,16-39,45-49,54-59H,6-10,40H2,1-5H3,(H,41,50)(H,42,51)(H,43,52)(H,44,53). The zero-order valence-corrected chi connectivity index (χ0v) is 37.8. The van der Waals surface area contributed by atoms with Crippen LogP contribution in [0.15, 0.2) is 0 Å². The monoisotopic (exact) mass is 989 g/mol. The number of hydrogen-bond acceptors (Lipinski definition) is 25. The van der Waals surface area contributed by atoms with Crippen molar-refractivity contribution < 1.29 is 118 Å². The van der Waals surface area contributed by atoms with Crippen LogP contribution in [0.2, 0.25) is 0 Å². The quantitative estimate of drug-likeness (QED) is 0.0643. The second-order valence-corrected chi connectivity index (χ2v) is 17.3. The van der Waals surface area contributed by atoms with Crippen LogP contribution in [0.5, 0.6) is 0 Å². The molecule has 17 N–H and O–H groups in total.